The number of aryl methyl sites for hydroxylation is 1. The van der Waals surface area contributed by atoms with E-state index >= 15 is 0 Å². The van der Waals surface area contributed by atoms with Crippen LogP contribution in [0, 0.1) is 16.0 Å². The van der Waals surface area contributed by atoms with Crippen molar-refractivity contribution in [2.45, 2.75) is 18.9 Å². The van der Waals surface area contributed by atoms with Gasteiger partial charge in [-0.25, -0.2) is 4.98 Å². The van der Waals surface area contributed by atoms with Gasteiger partial charge in [0, 0.05) is 62.1 Å². The van der Waals surface area contributed by atoms with E-state index in [2.05, 4.69) is 14.9 Å². The molecule has 1 aliphatic heterocycles. The van der Waals surface area contributed by atoms with Crippen LogP contribution in [-0.4, -0.2) is 37.7 Å². The molecule has 2 aromatic heterocycles. The molecule has 8 heteroatoms. The average molecular weight is 367 g/mol. The Morgan fingerprint density at radius 3 is 2.67 bits per heavy atom. The summed E-state index contributed by atoms with van der Waals surface area (Å²) in [6.07, 6.45) is 7.83. The number of hydrogen-bond donors (Lipinski definition) is 1. The molecule has 27 heavy (non-hydrogen) atoms. The molecule has 0 amide bonds. The number of imidazole rings is 1. The number of aliphatic hydroxyl groups is 1. The molecule has 0 bridgehead atoms. The van der Waals surface area contributed by atoms with Crippen LogP contribution in [0.15, 0.2) is 43.0 Å². The molecule has 1 atom stereocenters. The Morgan fingerprint density at radius 1 is 1.22 bits per heavy atom. The van der Waals surface area contributed by atoms with E-state index in [-0.39, 0.29) is 16.5 Å². The zero-order valence-corrected chi connectivity index (χ0v) is 15.0. The third-order valence-electron chi connectivity index (χ3n) is 5.42. The lowest BCUT2D eigenvalue weighted by Crippen LogP contribution is -2.36. The molecule has 0 radical (unpaired) electrons. The molecule has 1 aliphatic rings. The van der Waals surface area contributed by atoms with Crippen LogP contribution in [0.2, 0.25) is 0 Å². The van der Waals surface area contributed by atoms with Crippen LogP contribution in [0.5, 0.6) is 0 Å². The van der Waals surface area contributed by atoms with Gasteiger partial charge in [-0.3, -0.25) is 15.1 Å². The number of pyridine rings is 1. The molecule has 140 valence electrons. The first-order valence-electron chi connectivity index (χ1n) is 8.97. The summed E-state index contributed by atoms with van der Waals surface area (Å²) in [5.74, 6) is 0.841. The summed E-state index contributed by atoms with van der Waals surface area (Å²) in [5, 5.41) is 23.3. The van der Waals surface area contributed by atoms with Gasteiger partial charge in [-0.2, -0.15) is 0 Å². The number of nitrogens with zero attached hydrogens (tertiary/aromatic N) is 5. The lowest BCUT2D eigenvalue weighted by molar-refractivity contribution is -0.383. The summed E-state index contributed by atoms with van der Waals surface area (Å²) in [6.45, 7) is 1.56. The molecule has 0 spiro atoms. The maximum atomic E-state index is 11.3. The van der Waals surface area contributed by atoms with Crippen molar-refractivity contribution in [2.24, 2.45) is 13.0 Å². The molecule has 1 fully saturated rings. The molecular weight excluding hydrogens is 346 g/mol. The lowest BCUT2D eigenvalue weighted by Gasteiger charge is -2.36. The second kappa shape index (κ2) is 6.96. The number of aliphatic hydroxyl groups excluding tert-OH is 1. The van der Waals surface area contributed by atoms with Crippen molar-refractivity contribution in [2.75, 3.05) is 18.0 Å². The second-order valence-electron chi connectivity index (χ2n) is 6.95. The molecule has 0 saturated carbocycles. The third kappa shape index (κ3) is 3.12. The van der Waals surface area contributed by atoms with E-state index in [4.69, 9.17) is 0 Å². The van der Waals surface area contributed by atoms with Gasteiger partial charge in [0.05, 0.1) is 10.3 Å². The zero-order valence-electron chi connectivity index (χ0n) is 15.0. The van der Waals surface area contributed by atoms with E-state index in [0.29, 0.717) is 11.2 Å². The smallest absolute Gasteiger partial charge is 0.278 e. The summed E-state index contributed by atoms with van der Waals surface area (Å²) in [7, 11) is 1.89. The zero-order chi connectivity index (χ0) is 19.0. The van der Waals surface area contributed by atoms with E-state index in [1.54, 1.807) is 24.7 Å². The van der Waals surface area contributed by atoms with Crippen molar-refractivity contribution in [1.29, 1.82) is 0 Å². The van der Waals surface area contributed by atoms with Gasteiger partial charge in [-0.15, -0.1) is 0 Å². The Kier molecular flexibility index (Phi) is 4.49. The minimum absolute atomic E-state index is 0.0712. The van der Waals surface area contributed by atoms with Gasteiger partial charge in [-0.1, -0.05) is 0 Å². The summed E-state index contributed by atoms with van der Waals surface area (Å²) in [6, 6.07) is 5.19. The van der Waals surface area contributed by atoms with E-state index in [1.807, 2.05) is 29.9 Å². The van der Waals surface area contributed by atoms with Crippen molar-refractivity contribution in [3.05, 3.63) is 58.9 Å². The number of anilines is 1. The van der Waals surface area contributed by atoms with Gasteiger partial charge in [0.1, 0.15) is 11.9 Å². The van der Waals surface area contributed by atoms with Crippen LogP contribution >= 0.6 is 0 Å². The predicted octanol–water partition coefficient (Wildman–Crippen LogP) is 2.83. The van der Waals surface area contributed by atoms with Crippen LogP contribution in [0.1, 0.15) is 24.8 Å². The van der Waals surface area contributed by atoms with Gasteiger partial charge in [0.25, 0.3) is 5.69 Å². The summed E-state index contributed by atoms with van der Waals surface area (Å²) >= 11 is 0. The van der Waals surface area contributed by atoms with Gasteiger partial charge in [-0.05, 0) is 30.9 Å². The minimum Gasteiger partial charge on any atom is -0.385 e. The largest absolute Gasteiger partial charge is 0.385 e. The van der Waals surface area contributed by atoms with Gasteiger partial charge >= 0.3 is 0 Å². The highest BCUT2D eigenvalue weighted by Gasteiger charge is 2.29. The number of fused-ring (bicyclic) bond motifs is 1. The highest BCUT2D eigenvalue weighted by atomic mass is 16.6. The number of rotatable bonds is 4. The predicted molar refractivity (Wildman–Crippen MR) is 102 cm³/mol. The Labute approximate surface area is 156 Å². The molecule has 1 saturated heterocycles. The minimum atomic E-state index is -0.579. The summed E-state index contributed by atoms with van der Waals surface area (Å²) in [4.78, 5) is 21.5. The fourth-order valence-electron chi connectivity index (χ4n) is 3.92. The first-order valence-corrected chi connectivity index (χ1v) is 8.97. The number of nitro benzene ring substituents is 1. The number of piperidine rings is 1. The van der Waals surface area contributed by atoms with Gasteiger partial charge in [0.2, 0.25) is 0 Å². The molecule has 0 aliphatic carbocycles. The van der Waals surface area contributed by atoms with E-state index in [1.165, 1.54) is 0 Å². The Bertz CT molecular complexity index is 978. The Hall–Kier alpha value is -3.00. The summed E-state index contributed by atoms with van der Waals surface area (Å²) in [5.41, 5.74) is 1.05. The van der Waals surface area contributed by atoms with Gasteiger partial charge in [0.15, 0.2) is 0 Å². The standard InChI is InChI=1S/C19H21N5O3/c1-22-11-8-21-19(22)18(25)13-5-9-23(10-6-13)16-2-3-17(24(26)27)15-12-20-7-4-14(15)16/h2-4,7-8,11-13,18,25H,5-6,9-10H2,1H3. The van der Waals surface area contributed by atoms with E-state index in [0.717, 1.165) is 37.0 Å². The molecule has 8 nitrogen and oxygen atoms in total. The topological polar surface area (TPSA) is 97.3 Å². The van der Waals surface area contributed by atoms with E-state index < -0.39 is 6.10 Å². The number of nitro groups is 1. The lowest BCUT2D eigenvalue weighted by atomic mass is 9.90. The van der Waals surface area contributed by atoms with Crippen LogP contribution in [0.4, 0.5) is 11.4 Å². The number of non-ortho nitro benzene ring substituents is 1. The first kappa shape index (κ1) is 17.4. The number of hydrogen-bond acceptors (Lipinski definition) is 6. The third-order valence-corrected chi connectivity index (χ3v) is 5.42. The van der Waals surface area contributed by atoms with Crippen LogP contribution in [0.25, 0.3) is 10.8 Å². The molecule has 3 aromatic rings. The van der Waals surface area contributed by atoms with Crippen LogP contribution in [-0.2, 0) is 7.05 Å². The molecule has 4 rings (SSSR count). The Morgan fingerprint density at radius 2 is 2.00 bits per heavy atom. The fraction of sp³-hybridized carbons (Fsp3) is 0.368. The molecular formula is C19H21N5O3. The van der Waals surface area contributed by atoms with Crippen LogP contribution in [0.3, 0.4) is 0 Å². The molecule has 3 heterocycles. The maximum absolute atomic E-state index is 11.3. The van der Waals surface area contributed by atoms with Gasteiger partial charge < -0.3 is 14.6 Å². The average Bonchev–Trinajstić information content (AvgIpc) is 3.12. The van der Waals surface area contributed by atoms with Crippen LogP contribution < -0.4 is 4.90 Å². The van der Waals surface area contributed by atoms with Crippen molar-refractivity contribution in [1.82, 2.24) is 14.5 Å². The second-order valence-corrected chi connectivity index (χ2v) is 6.95. The normalized spacial score (nSPS) is 16.6. The molecule has 1 N–H and O–H groups in total. The first-order chi connectivity index (χ1) is 13.1. The maximum Gasteiger partial charge on any atom is 0.278 e. The number of aromatic nitrogens is 3. The van der Waals surface area contributed by atoms with Crippen molar-refractivity contribution >= 4 is 22.1 Å². The van der Waals surface area contributed by atoms with Crippen molar-refractivity contribution < 1.29 is 10.0 Å². The summed E-state index contributed by atoms with van der Waals surface area (Å²) < 4.78 is 1.86. The molecule has 1 aromatic carbocycles. The molecule has 1 unspecified atom stereocenters. The number of benzene rings is 1. The SMILES string of the molecule is Cn1ccnc1C(O)C1CCN(c2ccc([N+](=O)[O-])c3cnccc23)CC1. The Balaban J connectivity index is 1.56. The quantitative estimate of drug-likeness (QED) is 0.562. The van der Waals surface area contributed by atoms with Crippen molar-refractivity contribution in [3.63, 3.8) is 0 Å². The van der Waals surface area contributed by atoms with E-state index in [9.17, 15) is 15.2 Å². The monoisotopic (exact) mass is 367 g/mol. The fourth-order valence-corrected chi connectivity index (χ4v) is 3.92. The van der Waals surface area contributed by atoms with Crippen molar-refractivity contribution in [3.8, 4) is 0 Å². The highest BCUT2D eigenvalue weighted by molar-refractivity contribution is 5.99. The highest BCUT2D eigenvalue weighted by Crippen LogP contribution is 2.36.